The molecule has 0 unspecified atom stereocenters. The lowest BCUT2D eigenvalue weighted by molar-refractivity contribution is -0.123. The average Bonchev–Trinajstić information content (AvgIpc) is 2.43. The minimum Gasteiger partial charge on any atom is -0.486 e. The fourth-order valence-corrected chi connectivity index (χ4v) is 1.69. The first kappa shape index (κ1) is 13.4. The van der Waals surface area contributed by atoms with Gasteiger partial charge in [-0.3, -0.25) is 9.59 Å². The SMILES string of the molecule is CC(C)C(=O)NCC(=O)c1ccc2c(c1)OCCO2. The lowest BCUT2D eigenvalue weighted by Gasteiger charge is -2.18. The molecule has 0 bridgehead atoms. The Morgan fingerprint density at radius 1 is 1.21 bits per heavy atom. The van der Waals surface area contributed by atoms with Crippen molar-refractivity contribution in [1.82, 2.24) is 5.32 Å². The quantitative estimate of drug-likeness (QED) is 0.834. The smallest absolute Gasteiger partial charge is 0.222 e. The molecule has 0 radical (unpaired) electrons. The molecule has 0 aliphatic carbocycles. The third-order valence-electron chi connectivity index (χ3n) is 2.81. The largest absolute Gasteiger partial charge is 0.486 e. The number of Topliss-reactive ketones (excluding diaryl/α,β-unsaturated/α-hetero) is 1. The molecule has 19 heavy (non-hydrogen) atoms. The number of benzene rings is 1. The van der Waals surface area contributed by atoms with Crippen LogP contribution >= 0.6 is 0 Å². The highest BCUT2D eigenvalue weighted by Gasteiger charge is 2.15. The van der Waals surface area contributed by atoms with Crippen LogP contribution in [0.1, 0.15) is 24.2 Å². The number of ether oxygens (including phenoxy) is 2. The summed E-state index contributed by atoms with van der Waals surface area (Å²) in [6.07, 6.45) is 0. The average molecular weight is 263 g/mol. The van der Waals surface area contributed by atoms with Gasteiger partial charge in [0.05, 0.1) is 6.54 Å². The van der Waals surface area contributed by atoms with E-state index in [1.54, 1.807) is 32.0 Å². The van der Waals surface area contributed by atoms with Gasteiger partial charge in [-0.15, -0.1) is 0 Å². The highest BCUT2D eigenvalue weighted by atomic mass is 16.6. The van der Waals surface area contributed by atoms with E-state index in [0.29, 0.717) is 30.3 Å². The molecule has 1 aliphatic rings. The van der Waals surface area contributed by atoms with E-state index in [-0.39, 0.29) is 24.2 Å². The standard InChI is InChI=1S/C14H17NO4/c1-9(2)14(17)15-8-11(16)10-3-4-12-13(7-10)19-6-5-18-12/h3-4,7,9H,5-6,8H2,1-2H3,(H,15,17). The zero-order chi connectivity index (χ0) is 13.8. The molecule has 0 spiro atoms. The van der Waals surface area contributed by atoms with Crippen LogP contribution in [0, 0.1) is 5.92 Å². The highest BCUT2D eigenvalue weighted by molar-refractivity contribution is 6.00. The maximum absolute atomic E-state index is 11.9. The van der Waals surface area contributed by atoms with Crippen molar-refractivity contribution in [3.05, 3.63) is 23.8 Å². The van der Waals surface area contributed by atoms with Crippen LogP contribution in [0.2, 0.25) is 0 Å². The van der Waals surface area contributed by atoms with Crippen molar-refractivity contribution in [2.24, 2.45) is 5.92 Å². The molecular formula is C14H17NO4. The molecule has 1 heterocycles. The molecule has 5 heteroatoms. The van der Waals surface area contributed by atoms with Gasteiger partial charge in [0, 0.05) is 11.5 Å². The molecule has 1 aromatic rings. The maximum Gasteiger partial charge on any atom is 0.222 e. The number of nitrogens with one attached hydrogen (secondary N) is 1. The van der Waals surface area contributed by atoms with Gasteiger partial charge in [-0.1, -0.05) is 13.8 Å². The van der Waals surface area contributed by atoms with E-state index in [0.717, 1.165) is 0 Å². The van der Waals surface area contributed by atoms with E-state index in [1.807, 2.05) is 0 Å². The normalized spacial score (nSPS) is 13.2. The molecule has 1 aliphatic heterocycles. The molecule has 0 atom stereocenters. The zero-order valence-corrected chi connectivity index (χ0v) is 11.1. The summed E-state index contributed by atoms with van der Waals surface area (Å²) in [6.45, 7) is 4.56. The topological polar surface area (TPSA) is 64.6 Å². The van der Waals surface area contributed by atoms with E-state index in [9.17, 15) is 9.59 Å². The third-order valence-corrected chi connectivity index (χ3v) is 2.81. The van der Waals surface area contributed by atoms with Gasteiger partial charge in [-0.2, -0.15) is 0 Å². The van der Waals surface area contributed by atoms with Crippen molar-refractivity contribution in [3.8, 4) is 11.5 Å². The lowest BCUT2D eigenvalue weighted by Crippen LogP contribution is -2.32. The second-order valence-electron chi connectivity index (χ2n) is 4.65. The molecule has 1 N–H and O–H groups in total. The number of carbonyl (C=O) groups is 2. The lowest BCUT2D eigenvalue weighted by atomic mass is 10.1. The minimum absolute atomic E-state index is 0.00332. The van der Waals surface area contributed by atoms with E-state index in [1.165, 1.54) is 0 Å². The van der Waals surface area contributed by atoms with Gasteiger partial charge in [-0.05, 0) is 18.2 Å². The Kier molecular flexibility index (Phi) is 4.04. The summed E-state index contributed by atoms with van der Waals surface area (Å²) in [5.74, 6) is 0.811. The van der Waals surface area contributed by atoms with E-state index in [2.05, 4.69) is 5.32 Å². The van der Waals surface area contributed by atoms with Crippen LogP contribution in [0.3, 0.4) is 0 Å². The minimum atomic E-state index is -0.147. The van der Waals surface area contributed by atoms with Crippen LogP contribution < -0.4 is 14.8 Å². The summed E-state index contributed by atoms with van der Waals surface area (Å²) < 4.78 is 10.8. The molecule has 0 aromatic heterocycles. The summed E-state index contributed by atoms with van der Waals surface area (Å²) >= 11 is 0. The third kappa shape index (κ3) is 3.24. The predicted octanol–water partition coefficient (Wildman–Crippen LogP) is 1.41. The number of hydrogen-bond acceptors (Lipinski definition) is 4. The van der Waals surface area contributed by atoms with E-state index < -0.39 is 0 Å². The number of ketones is 1. The Hall–Kier alpha value is -2.04. The van der Waals surface area contributed by atoms with Crippen molar-refractivity contribution in [2.45, 2.75) is 13.8 Å². The van der Waals surface area contributed by atoms with Gasteiger partial charge < -0.3 is 14.8 Å². The zero-order valence-electron chi connectivity index (χ0n) is 11.1. The fraction of sp³-hybridized carbons (Fsp3) is 0.429. The van der Waals surface area contributed by atoms with Gasteiger partial charge >= 0.3 is 0 Å². The van der Waals surface area contributed by atoms with E-state index >= 15 is 0 Å². The number of amides is 1. The van der Waals surface area contributed by atoms with Crippen LogP contribution in [0.4, 0.5) is 0 Å². The summed E-state index contributed by atoms with van der Waals surface area (Å²) in [7, 11) is 0. The molecule has 0 saturated carbocycles. The Bertz CT molecular complexity index is 496. The Balaban J connectivity index is 2.01. The number of rotatable bonds is 4. The van der Waals surface area contributed by atoms with Crippen LogP contribution in [-0.2, 0) is 4.79 Å². The van der Waals surface area contributed by atoms with Gasteiger partial charge in [-0.25, -0.2) is 0 Å². The first-order valence-corrected chi connectivity index (χ1v) is 6.28. The maximum atomic E-state index is 11.9. The van der Waals surface area contributed by atoms with Crippen LogP contribution in [-0.4, -0.2) is 31.4 Å². The molecule has 1 amide bonds. The highest BCUT2D eigenvalue weighted by Crippen LogP contribution is 2.30. The Morgan fingerprint density at radius 2 is 1.89 bits per heavy atom. The molecule has 102 valence electrons. The van der Waals surface area contributed by atoms with Crippen LogP contribution in [0.15, 0.2) is 18.2 Å². The van der Waals surface area contributed by atoms with E-state index in [4.69, 9.17) is 9.47 Å². The summed E-state index contributed by atoms with van der Waals surface area (Å²) in [4.78, 5) is 23.3. The first-order valence-electron chi connectivity index (χ1n) is 6.28. The second-order valence-corrected chi connectivity index (χ2v) is 4.65. The predicted molar refractivity (Wildman–Crippen MR) is 69.6 cm³/mol. The van der Waals surface area contributed by atoms with Crippen molar-refractivity contribution in [3.63, 3.8) is 0 Å². The van der Waals surface area contributed by atoms with Crippen LogP contribution in [0.25, 0.3) is 0 Å². The number of fused-ring (bicyclic) bond motifs is 1. The monoisotopic (exact) mass is 263 g/mol. The van der Waals surface area contributed by atoms with Gasteiger partial charge in [0.15, 0.2) is 17.3 Å². The fourth-order valence-electron chi connectivity index (χ4n) is 1.69. The molecule has 1 aromatic carbocycles. The molecule has 0 saturated heterocycles. The van der Waals surface area contributed by atoms with Crippen molar-refractivity contribution in [1.29, 1.82) is 0 Å². The summed E-state index contributed by atoms with van der Waals surface area (Å²) in [5, 5.41) is 2.60. The molecule has 5 nitrogen and oxygen atoms in total. The van der Waals surface area contributed by atoms with Gasteiger partial charge in [0.2, 0.25) is 5.91 Å². The first-order chi connectivity index (χ1) is 9.08. The Labute approximate surface area is 111 Å². The van der Waals surface area contributed by atoms with Gasteiger partial charge in [0.1, 0.15) is 13.2 Å². The summed E-state index contributed by atoms with van der Waals surface area (Å²) in [6, 6.07) is 5.04. The second kappa shape index (κ2) is 5.73. The van der Waals surface area contributed by atoms with Gasteiger partial charge in [0.25, 0.3) is 0 Å². The van der Waals surface area contributed by atoms with Crippen molar-refractivity contribution >= 4 is 11.7 Å². The van der Waals surface area contributed by atoms with Crippen LogP contribution in [0.5, 0.6) is 11.5 Å². The molecular weight excluding hydrogens is 246 g/mol. The Morgan fingerprint density at radius 3 is 2.58 bits per heavy atom. The number of hydrogen-bond donors (Lipinski definition) is 1. The molecule has 0 fully saturated rings. The summed E-state index contributed by atoms with van der Waals surface area (Å²) in [5.41, 5.74) is 0.508. The molecule has 2 rings (SSSR count). The number of carbonyl (C=O) groups excluding carboxylic acids is 2. The van der Waals surface area contributed by atoms with Crippen molar-refractivity contribution in [2.75, 3.05) is 19.8 Å². The van der Waals surface area contributed by atoms with Crippen molar-refractivity contribution < 1.29 is 19.1 Å².